The second-order valence-electron chi connectivity index (χ2n) is 7.18. The molecule has 1 saturated carbocycles. The van der Waals surface area contributed by atoms with Crippen molar-refractivity contribution in [2.45, 2.75) is 31.7 Å². The summed E-state index contributed by atoms with van der Waals surface area (Å²) in [6.07, 6.45) is 5.30. The lowest BCUT2D eigenvalue weighted by Gasteiger charge is -2.36. The standard InChI is InChI=1S/C18H23ClN2O/c19-17-4-2-1-3-16(17)18(22)21-11-14-7-8-15(12-21)20(10-14)9-13-5-6-13/h1-4,13-15H,5-12H2/t14-,15-/m0/s1. The van der Waals surface area contributed by atoms with Crippen LogP contribution in [0.1, 0.15) is 36.0 Å². The molecule has 2 bridgehead atoms. The summed E-state index contributed by atoms with van der Waals surface area (Å²) in [7, 11) is 0. The summed E-state index contributed by atoms with van der Waals surface area (Å²) >= 11 is 6.22. The summed E-state index contributed by atoms with van der Waals surface area (Å²) in [4.78, 5) is 17.6. The summed E-state index contributed by atoms with van der Waals surface area (Å²) in [5.41, 5.74) is 0.652. The maximum absolute atomic E-state index is 12.9. The van der Waals surface area contributed by atoms with Gasteiger partial charge in [0.25, 0.3) is 5.91 Å². The minimum absolute atomic E-state index is 0.107. The SMILES string of the molecule is O=C(c1ccccc1Cl)N1C[C@H]2CC[C@@H](C1)N(CC1CC1)C2. The van der Waals surface area contributed by atoms with Crippen LogP contribution in [-0.2, 0) is 0 Å². The van der Waals surface area contributed by atoms with Crippen molar-refractivity contribution in [1.29, 1.82) is 0 Å². The summed E-state index contributed by atoms with van der Waals surface area (Å²) in [5, 5.41) is 0.568. The number of fused-ring (bicyclic) bond motifs is 4. The van der Waals surface area contributed by atoms with E-state index < -0.39 is 0 Å². The third kappa shape index (κ3) is 2.89. The highest BCUT2D eigenvalue weighted by Crippen LogP contribution is 2.35. The molecule has 3 nitrogen and oxygen atoms in total. The molecule has 4 aliphatic rings. The zero-order chi connectivity index (χ0) is 15.1. The molecule has 118 valence electrons. The van der Waals surface area contributed by atoms with E-state index in [1.54, 1.807) is 6.07 Å². The van der Waals surface area contributed by atoms with Crippen molar-refractivity contribution in [2.75, 3.05) is 26.2 Å². The van der Waals surface area contributed by atoms with Crippen molar-refractivity contribution < 1.29 is 4.79 Å². The number of nitrogens with zero attached hydrogens (tertiary/aromatic N) is 2. The molecule has 1 aromatic carbocycles. The highest BCUT2D eigenvalue weighted by molar-refractivity contribution is 6.33. The van der Waals surface area contributed by atoms with E-state index in [0.29, 0.717) is 22.5 Å². The average molecular weight is 319 g/mol. The number of carbonyl (C=O) groups is 1. The van der Waals surface area contributed by atoms with Crippen LogP contribution in [0.15, 0.2) is 24.3 Å². The lowest BCUT2D eigenvalue weighted by molar-refractivity contribution is 0.0737. The van der Waals surface area contributed by atoms with Crippen LogP contribution in [0.4, 0.5) is 0 Å². The molecule has 0 aromatic heterocycles. The van der Waals surface area contributed by atoms with Crippen molar-refractivity contribution >= 4 is 17.5 Å². The van der Waals surface area contributed by atoms with Crippen LogP contribution in [0, 0.1) is 11.8 Å². The summed E-state index contributed by atoms with van der Waals surface area (Å²) in [6, 6.07) is 7.97. The van der Waals surface area contributed by atoms with Crippen LogP contribution in [-0.4, -0.2) is 47.9 Å². The van der Waals surface area contributed by atoms with E-state index in [2.05, 4.69) is 9.80 Å². The molecule has 5 rings (SSSR count). The lowest BCUT2D eigenvalue weighted by atomic mass is 9.95. The molecule has 2 atom stereocenters. The van der Waals surface area contributed by atoms with E-state index in [1.165, 1.54) is 38.8 Å². The fraction of sp³-hybridized carbons (Fsp3) is 0.611. The third-order valence-corrected chi connectivity index (χ3v) is 5.74. The Balaban J connectivity index is 1.51. The highest BCUT2D eigenvalue weighted by atomic mass is 35.5. The lowest BCUT2D eigenvalue weighted by Crippen LogP contribution is -2.45. The van der Waals surface area contributed by atoms with E-state index in [9.17, 15) is 4.79 Å². The molecule has 0 radical (unpaired) electrons. The van der Waals surface area contributed by atoms with Crippen LogP contribution in [0.3, 0.4) is 0 Å². The van der Waals surface area contributed by atoms with Gasteiger partial charge in [-0.15, -0.1) is 0 Å². The molecule has 0 spiro atoms. The van der Waals surface area contributed by atoms with Crippen molar-refractivity contribution in [2.24, 2.45) is 11.8 Å². The number of hydrogen-bond donors (Lipinski definition) is 0. The van der Waals surface area contributed by atoms with Crippen molar-refractivity contribution in [3.8, 4) is 0 Å². The van der Waals surface area contributed by atoms with Crippen molar-refractivity contribution in [3.05, 3.63) is 34.9 Å². The van der Waals surface area contributed by atoms with Crippen LogP contribution < -0.4 is 0 Å². The summed E-state index contributed by atoms with van der Waals surface area (Å²) < 4.78 is 0. The van der Waals surface area contributed by atoms with E-state index >= 15 is 0 Å². The highest BCUT2D eigenvalue weighted by Gasteiger charge is 2.38. The first-order valence-corrected chi connectivity index (χ1v) is 8.86. The van der Waals surface area contributed by atoms with Crippen LogP contribution in [0.25, 0.3) is 0 Å². The molecule has 1 aromatic rings. The molecular formula is C18H23ClN2O. The van der Waals surface area contributed by atoms with Gasteiger partial charge in [0.15, 0.2) is 0 Å². The maximum atomic E-state index is 12.9. The largest absolute Gasteiger partial charge is 0.337 e. The molecule has 3 saturated heterocycles. The van der Waals surface area contributed by atoms with Gasteiger partial charge in [0.2, 0.25) is 0 Å². The Kier molecular flexibility index (Phi) is 3.87. The molecule has 1 amide bonds. The van der Waals surface area contributed by atoms with Gasteiger partial charge in [0.1, 0.15) is 0 Å². The second-order valence-corrected chi connectivity index (χ2v) is 7.59. The first kappa shape index (κ1) is 14.5. The smallest absolute Gasteiger partial charge is 0.255 e. The van der Waals surface area contributed by atoms with Gasteiger partial charge in [-0.05, 0) is 49.7 Å². The van der Waals surface area contributed by atoms with E-state index in [-0.39, 0.29) is 5.91 Å². The Morgan fingerprint density at radius 1 is 1.09 bits per heavy atom. The van der Waals surface area contributed by atoms with E-state index in [1.807, 2.05) is 18.2 Å². The molecule has 22 heavy (non-hydrogen) atoms. The Morgan fingerprint density at radius 2 is 1.91 bits per heavy atom. The maximum Gasteiger partial charge on any atom is 0.255 e. The topological polar surface area (TPSA) is 23.6 Å². The van der Waals surface area contributed by atoms with Gasteiger partial charge in [-0.2, -0.15) is 0 Å². The van der Waals surface area contributed by atoms with Gasteiger partial charge in [-0.25, -0.2) is 0 Å². The number of carbonyl (C=O) groups excluding carboxylic acids is 1. The predicted molar refractivity (Wildman–Crippen MR) is 88.2 cm³/mol. The zero-order valence-electron chi connectivity index (χ0n) is 12.9. The van der Waals surface area contributed by atoms with Crippen LogP contribution in [0.2, 0.25) is 5.02 Å². The second kappa shape index (κ2) is 5.86. The molecule has 3 aliphatic heterocycles. The molecule has 3 heterocycles. The first-order valence-electron chi connectivity index (χ1n) is 8.48. The fourth-order valence-electron chi connectivity index (χ4n) is 4.01. The number of hydrogen-bond acceptors (Lipinski definition) is 2. The van der Waals surface area contributed by atoms with Gasteiger partial charge >= 0.3 is 0 Å². The van der Waals surface area contributed by atoms with E-state index in [4.69, 9.17) is 11.6 Å². The number of halogens is 1. The van der Waals surface area contributed by atoms with Crippen LogP contribution >= 0.6 is 11.6 Å². The average Bonchev–Trinajstić information content (AvgIpc) is 3.34. The minimum Gasteiger partial charge on any atom is -0.337 e. The normalized spacial score (nSPS) is 28.7. The monoisotopic (exact) mass is 318 g/mol. The third-order valence-electron chi connectivity index (χ3n) is 5.41. The number of benzene rings is 1. The summed E-state index contributed by atoms with van der Waals surface area (Å²) in [6.45, 7) is 4.18. The molecule has 0 N–H and O–H groups in total. The Hall–Kier alpha value is -1.06. The molecule has 4 heteroatoms. The van der Waals surface area contributed by atoms with Crippen molar-refractivity contribution in [1.82, 2.24) is 9.80 Å². The minimum atomic E-state index is 0.107. The van der Waals surface area contributed by atoms with Gasteiger partial charge < -0.3 is 4.90 Å². The summed E-state index contributed by atoms with van der Waals surface area (Å²) in [5.74, 6) is 1.66. The molecular weight excluding hydrogens is 296 g/mol. The zero-order valence-corrected chi connectivity index (χ0v) is 13.6. The Morgan fingerprint density at radius 3 is 2.68 bits per heavy atom. The van der Waals surface area contributed by atoms with Crippen LogP contribution in [0.5, 0.6) is 0 Å². The quantitative estimate of drug-likeness (QED) is 0.854. The van der Waals surface area contributed by atoms with E-state index in [0.717, 1.165) is 19.0 Å². The first-order chi connectivity index (χ1) is 10.7. The molecule has 4 fully saturated rings. The molecule has 0 unspecified atom stereocenters. The van der Waals surface area contributed by atoms with Gasteiger partial charge in [-0.3, -0.25) is 9.69 Å². The molecule has 1 aliphatic carbocycles. The van der Waals surface area contributed by atoms with Gasteiger partial charge in [-0.1, -0.05) is 23.7 Å². The predicted octanol–water partition coefficient (Wildman–Crippen LogP) is 3.29. The Bertz CT molecular complexity index is 572. The fourth-order valence-corrected chi connectivity index (χ4v) is 4.22. The number of rotatable bonds is 3. The van der Waals surface area contributed by atoms with Crippen molar-refractivity contribution in [3.63, 3.8) is 0 Å². The van der Waals surface area contributed by atoms with Gasteiger partial charge in [0.05, 0.1) is 10.6 Å². The number of piperidine rings is 1. The Labute approximate surface area is 137 Å². The van der Waals surface area contributed by atoms with Gasteiger partial charge in [0, 0.05) is 32.2 Å². The number of amides is 1.